The first-order valence-electron chi connectivity index (χ1n) is 9.48. The predicted octanol–water partition coefficient (Wildman–Crippen LogP) is 1.36. The quantitative estimate of drug-likeness (QED) is 0.427. The summed E-state index contributed by atoms with van der Waals surface area (Å²) < 4.78 is 15.8. The van der Waals surface area contributed by atoms with Gasteiger partial charge in [-0.3, -0.25) is 24.1 Å². The summed E-state index contributed by atoms with van der Waals surface area (Å²) in [4.78, 5) is 50.1. The third-order valence-electron chi connectivity index (χ3n) is 5.45. The first kappa shape index (κ1) is 18.5. The molecule has 2 atom stereocenters. The molecule has 8 heteroatoms. The van der Waals surface area contributed by atoms with Crippen LogP contribution >= 0.6 is 0 Å². The van der Waals surface area contributed by atoms with E-state index in [4.69, 9.17) is 14.2 Å². The van der Waals surface area contributed by atoms with Crippen LogP contribution in [-0.2, 0) is 19.1 Å². The van der Waals surface area contributed by atoms with Crippen LogP contribution in [-0.4, -0.2) is 54.8 Å². The zero-order valence-electron chi connectivity index (χ0n) is 15.3. The maximum absolute atomic E-state index is 12.4. The monoisotopic (exact) mass is 387 g/mol. The van der Waals surface area contributed by atoms with E-state index in [2.05, 4.69) is 0 Å². The second-order valence-corrected chi connectivity index (χ2v) is 7.20. The Morgan fingerprint density at radius 3 is 2.32 bits per heavy atom. The lowest BCUT2D eigenvalue weighted by Gasteiger charge is -2.19. The third-order valence-corrected chi connectivity index (χ3v) is 5.45. The fourth-order valence-corrected chi connectivity index (χ4v) is 4.01. The van der Waals surface area contributed by atoms with Gasteiger partial charge in [-0.15, -0.1) is 0 Å². The van der Waals surface area contributed by atoms with Crippen molar-refractivity contribution in [2.24, 2.45) is 11.8 Å². The largest absolute Gasteiger partial charge is 0.486 e. The second-order valence-electron chi connectivity index (χ2n) is 7.20. The standard InChI is InChI=1S/C20H21NO7/c22-15(12-5-6-16-17(9-12)27-8-7-26-16)11-28-18(23)10-21-19(24)13-3-1-2-4-14(13)20(21)25/h5-6,9,13-14H,1-4,7-8,10-11H2/t13-,14+. The summed E-state index contributed by atoms with van der Waals surface area (Å²) in [6.07, 6.45) is 3.21. The van der Waals surface area contributed by atoms with Crippen molar-refractivity contribution >= 4 is 23.6 Å². The van der Waals surface area contributed by atoms with Crippen molar-refractivity contribution in [1.29, 1.82) is 0 Å². The van der Waals surface area contributed by atoms with E-state index in [1.165, 1.54) is 0 Å². The van der Waals surface area contributed by atoms with Crippen LogP contribution in [0.25, 0.3) is 0 Å². The van der Waals surface area contributed by atoms with Crippen LogP contribution in [0.3, 0.4) is 0 Å². The minimum Gasteiger partial charge on any atom is -0.486 e. The Morgan fingerprint density at radius 2 is 1.64 bits per heavy atom. The summed E-state index contributed by atoms with van der Waals surface area (Å²) in [5.74, 6) is -1.37. The molecule has 0 unspecified atom stereocenters. The van der Waals surface area contributed by atoms with E-state index < -0.39 is 24.9 Å². The molecule has 0 radical (unpaired) electrons. The summed E-state index contributed by atoms with van der Waals surface area (Å²) in [6.45, 7) is -0.0618. The van der Waals surface area contributed by atoms with Crippen LogP contribution in [0.5, 0.6) is 11.5 Å². The van der Waals surface area contributed by atoms with Gasteiger partial charge in [0.05, 0.1) is 11.8 Å². The van der Waals surface area contributed by atoms with E-state index in [1.807, 2.05) is 0 Å². The molecule has 1 saturated heterocycles. The summed E-state index contributed by atoms with van der Waals surface area (Å²) in [6, 6.07) is 4.75. The summed E-state index contributed by atoms with van der Waals surface area (Å²) >= 11 is 0. The number of amides is 2. The van der Waals surface area contributed by atoms with E-state index >= 15 is 0 Å². The molecular formula is C20H21NO7. The van der Waals surface area contributed by atoms with Crippen LogP contribution in [0.4, 0.5) is 0 Å². The van der Waals surface area contributed by atoms with E-state index in [9.17, 15) is 19.2 Å². The minimum absolute atomic E-state index is 0.301. The highest BCUT2D eigenvalue weighted by Crippen LogP contribution is 2.37. The van der Waals surface area contributed by atoms with Crippen LogP contribution in [0, 0.1) is 11.8 Å². The number of likely N-dealkylation sites (tertiary alicyclic amines) is 1. The average molecular weight is 387 g/mol. The molecule has 2 amide bonds. The van der Waals surface area contributed by atoms with Gasteiger partial charge < -0.3 is 14.2 Å². The van der Waals surface area contributed by atoms with Crippen LogP contribution < -0.4 is 9.47 Å². The minimum atomic E-state index is -0.772. The van der Waals surface area contributed by atoms with Gasteiger partial charge in [0.25, 0.3) is 0 Å². The molecule has 2 aliphatic heterocycles. The van der Waals surface area contributed by atoms with E-state index in [-0.39, 0.29) is 23.7 Å². The summed E-state index contributed by atoms with van der Waals surface area (Å²) in [5.41, 5.74) is 0.330. The van der Waals surface area contributed by atoms with Crippen molar-refractivity contribution < 1.29 is 33.4 Å². The third kappa shape index (κ3) is 3.46. The molecule has 1 saturated carbocycles. The van der Waals surface area contributed by atoms with Gasteiger partial charge in [-0.05, 0) is 31.0 Å². The molecule has 0 bridgehead atoms. The van der Waals surface area contributed by atoms with Gasteiger partial charge in [-0.1, -0.05) is 12.8 Å². The number of ketones is 1. The van der Waals surface area contributed by atoms with Gasteiger partial charge in [0.15, 0.2) is 23.9 Å². The Kier molecular flexibility index (Phi) is 5.02. The Balaban J connectivity index is 1.32. The van der Waals surface area contributed by atoms with E-state index in [0.717, 1.165) is 17.7 Å². The molecule has 0 spiro atoms. The number of nitrogens with zero attached hydrogens (tertiary/aromatic N) is 1. The highest BCUT2D eigenvalue weighted by atomic mass is 16.6. The van der Waals surface area contributed by atoms with Crippen molar-refractivity contribution in [1.82, 2.24) is 4.90 Å². The number of rotatable bonds is 5. The number of Topliss-reactive ketones (excluding diaryl/α,β-unsaturated/α-hetero) is 1. The van der Waals surface area contributed by atoms with E-state index in [0.29, 0.717) is 43.1 Å². The number of esters is 1. The molecule has 2 fully saturated rings. The zero-order chi connectivity index (χ0) is 19.7. The highest BCUT2D eigenvalue weighted by molar-refractivity contribution is 6.07. The van der Waals surface area contributed by atoms with Crippen molar-refractivity contribution in [2.75, 3.05) is 26.4 Å². The maximum atomic E-state index is 12.4. The molecule has 1 aromatic rings. The number of ether oxygens (including phenoxy) is 3. The molecular weight excluding hydrogens is 366 g/mol. The zero-order valence-corrected chi connectivity index (χ0v) is 15.3. The topological polar surface area (TPSA) is 99.2 Å². The molecule has 0 aromatic heterocycles. The van der Waals surface area contributed by atoms with Gasteiger partial charge in [0.2, 0.25) is 11.8 Å². The molecule has 0 N–H and O–H groups in total. The van der Waals surface area contributed by atoms with Gasteiger partial charge in [0.1, 0.15) is 19.8 Å². The number of imide groups is 1. The van der Waals surface area contributed by atoms with Gasteiger partial charge in [-0.25, -0.2) is 0 Å². The number of carbonyl (C=O) groups excluding carboxylic acids is 4. The van der Waals surface area contributed by atoms with Gasteiger partial charge >= 0.3 is 5.97 Å². The average Bonchev–Trinajstić information content (AvgIpc) is 2.97. The fraction of sp³-hybridized carbons (Fsp3) is 0.500. The molecule has 1 aromatic carbocycles. The summed E-state index contributed by atoms with van der Waals surface area (Å²) in [5, 5.41) is 0. The normalized spacial score (nSPS) is 23.4. The van der Waals surface area contributed by atoms with Crippen molar-refractivity contribution in [3.8, 4) is 11.5 Å². The number of hydrogen-bond acceptors (Lipinski definition) is 7. The van der Waals surface area contributed by atoms with Crippen LogP contribution in [0.2, 0.25) is 0 Å². The first-order chi connectivity index (χ1) is 13.5. The van der Waals surface area contributed by atoms with Crippen molar-refractivity contribution in [3.63, 3.8) is 0 Å². The fourth-order valence-electron chi connectivity index (χ4n) is 4.01. The molecule has 1 aliphatic carbocycles. The molecule has 148 valence electrons. The SMILES string of the molecule is O=C(CN1C(=O)[C@H]2CCCC[C@H]2C1=O)OCC(=O)c1ccc2c(c1)OCCO2. The van der Waals surface area contributed by atoms with Crippen LogP contribution in [0.1, 0.15) is 36.0 Å². The second kappa shape index (κ2) is 7.61. The Bertz CT molecular complexity index is 810. The Hall–Kier alpha value is -2.90. The lowest BCUT2D eigenvalue weighted by atomic mass is 9.81. The smallest absolute Gasteiger partial charge is 0.326 e. The molecule has 8 nitrogen and oxygen atoms in total. The molecule has 28 heavy (non-hydrogen) atoms. The number of fused-ring (bicyclic) bond motifs is 2. The van der Waals surface area contributed by atoms with Gasteiger partial charge in [-0.2, -0.15) is 0 Å². The van der Waals surface area contributed by atoms with Crippen LogP contribution in [0.15, 0.2) is 18.2 Å². The molecule has 4 rings (SSSR count). The molecule has 2 heterocycles. The van der Waals surface area contributed by atoms with Crippen molar-refractivity contribution in [2.45, 2.75) is 25.7 Å². The maximum Gasteiger partial charge on any atom is 0.326 e. The van der Waals surface area contributed by atoms with Crippen molar-refractivity contribution in [3.05, 3.63) is 23.8 Å². The number of benzene rings is 1. The number of carbonyl (C=O) groups is 4. The first-order valence-corrected chi connectivity index (χ1v) is 9.48. The molecule has 3 aliphatic rings. The Morgan fingerprint density at radius 1 is 1.00 bits per heavy atom. The van der Waals surface area contributed by atoms with E-state index in [1.54, 1.807) is 18.2 Å². The predicted molar refractivity (Wildman–Crippen MR) is 94.9 cm³/mol. The summed E-state index contributed by atoms with van der Waals surface area (Å²) in [7, 11) is 0. The highest BCUT2D eigenvalue weighted by Gasteiger charge is 2.48. The lowest BCUT2D eigenvalue weighted by molar-refractivity contribution is -0.152. The lowest BCUT2D eigenvalue weighted by Crippen LogP contribution is -2.37. The number of hydrogen-bond donors (Lipinski definition) is 0. The van der Waals surface area contributed by atoms with Gasteiger partial charge in [0, 0.05) is 5.56 Å². The Labute approximate surface area is 161 Å².